The molecule has 29 heavy (non-hydrogen) atoms. The van der Waals surface area contributed by atoms with E-state index in [2.05, 4.69) is 26.3 Å². The molecule has 1 unspecified atom stereocenters. The van der Waals surface area contributed by atoms with E-state index in [1.165, 1.54) is 17.7 Å². The van der Waals surface area contributed by atoms with E-state index in [-0.39, 0.29) is 5.41 Å². The molecule has 6 nitrogen and oxygen atoms in total. The number of rotatable bonds is 2. The van der Waals surface area contributed by atoms with Crippen molar-refractivity contribution < 1.29 is 4.42 Å². The Labute approximate surface area is 168 Å². The Morgan fingerprint density at radius 2 is 2.07 bits per heavy atom. The summed E-state index contributed by atoms with van der Waals surface area (Å²) in [6.07, 6.45) is 6.10. The number of benzene rings is 1. The molecule has 0 radical (unpaired) electrons. The van der Waals surface area contributed by atoms with Gasteiger partial charge in [0.15, 0.2) is 11.6 Å². The normalized spacial score (nSPS) is 21.0. The number of aliphatic imine (C=N–C) groups is 1. The van der Waals surface area contributed by atoms with Gasteiger partial charge in [-0.25, -0.2) is 9.97 Å². The topological polar surface area (TPSA) is 79.1 Å². The van der Waals surface area contributed by atoms with Crippen molar-refractivity contribution in [1.82, 2.24) is 20.3 Å². The second-order valence-electron chi connectivity index (χ2n) is 7.96. The van der Waals surface area contributed by atoms with Crippen LogP contribution in [-0.2, 0) is 5.41 Å². The molecule has 144 valence electrons. The largest absolute Gasteiger partial charge is 0.453 e. The summed E-state index contributed by atoms with van der Waals surface area (Å²) >= 11 is 0. The van der Waals surface area contributed by atoms with Gasteiger partial charge in [0.1, 0.15) is 5.58 Å². The fraction of sp³-hybridized carbons (Fsp3) is 0.261. The minimum Gasteiger partial charge on any atom is -0.453 e. The van der Waals surface area contributed by atoms with Crippen molar-refractivity contribution in [3.63, 3.8) is 0 Å². The molecule has 6 heteroatoms. The highest BCUT2D eigenvalue weighted by atomic mass is 16.3. The molecule has 2 aliphatic rings. The van der Waals surface area contributed by atoms with Crippen molar-refractivity contribution >= 4 is 17.2 Å². The van der Waals surface area contributed by atoms with Crippen molar-refractivity contribution in [2.24, 2.45) is 4.99 Å². The maximum atomic E-state index is 5.95. The summed E-state index contributed by atoms with van der Waals surface area (Å²) in [5.74, 6) is 1.27. The zero-order valence-electron chi connectivity index (χ0n) is 16.0. The van der Waals surface area contributed by atoms with Crippen molar-refractivity contribution in [2.75, 3.05) is 19.6 Å². The van der Waals surface area contributed by atoms with E-state index >= 15 is 0 Å². The highest BCUT2D eigenvalue weighted by molar-refractivity contribution is 5.86. The number of furan rings is 1. The van der Waals surface area contributed by atoms with Crippen LogP contribution in [0, 0.1) is 0 Å². The average Bonchev–Trinajstić information content (AvgIpc) is 3.40. The SMILES string of the molecule is C1=NCC2(CCCNC2)c2[nH]c(-c3ccnc(-c4cc5ccccc5o4)n3)cc21. The average molecular weight is 383 g/mol. The number of hydrogen-bond donors (Lipinski definition) is 2. The van der Waals surface area contributed by atoms with Crippen LogP contribution in [-0.4, -0.2) is 40.8 Å². The minimum atomic E-state index is 0.0647. The van der Waals surface area contributed by atoms with Crippen LogP contribution < -0.4 is 5.32 Å². The Morgan fingerprint density at radius 3 is 2.97 bits per heavy atom. The van der Waals surface area contributed by atoms with Crippen LogP contribution in [0.3, 0.4) is 0 Å². The number of fused-ring (bicyclic) bond motifs is 3. The van der Waals surface area contributed by atoms with Gasteiger partial charge in [-0.05, 0) is 43.7 Å². The van der Waals surface area contributed by atoms with Crippen LogP contribution >= 0.6 is 0 Å². The van der Waals surface area contributed by atoms with E-state index < -0.39 is 0 Å². The summed E-state index contributed by atoms with van der Waals surface area (Å²) in [4.78, 5) is 17.6. The molecule has 6 rings (SSSR count). The van der Waals surface area contributed by atoms with Gasteiger partial charge in [0.2, 0.25) is 0 Å². The lowest BCUT2D eigenvalue weighted by Crippen LogP contribution is -2.47. The molecule has 1 fully saturated rings. The summed E-state index contributed by atoms with van der Waals surface area (Å²) in [6.45, 7) is 2.88. The van der Waals surface area contributed by atoms with Gasteiger partial charge in [-0.1, -0.05) is 18.2 Å². The maximum absolute atomic E-state index is 5.95. The molecule has 5 heterocycles. The molecule has 0 bridgehead atoms. The summed E-state index contributed by atoms with van der Waals surface area (Å²) in [7, 11) is 0. The fourth-order valence-corrected chi connectivity index (χ4v) is 4.58. The Morgan fingerprint density at radius 1 is 1.10 bits per heavy atom. The lowest BCUT2D eigenvalue weighted by molar-refractivity contribution is 0.312. The summed E-state index contributed by atoms with van der Waals surface area (Å²) in [6, 6.07) is 14.0. The number of nitrogens with one attached hydrogen (secondary N) is 2. The molecule has 0 amide bonds. The summed E-state index contributed by atoms with van der Waals surface area (Å²) in [5, 5.41) is 4.60. The zero-order chi connectivity index (χ0) is 19.3. The van der Waals surface area contributed by atoms with Crippen LogP contribution in [0.2, 0.25) is 0 Å². The van der Waals surface area contributed by atoms with Crippen molar-refractivity contribution in [2.45, 2.75) is 18.3 Å². The van der Waals surface area contributed by atoms with Crippen LogP contribution in [0.25, 0.3) is 33.9 Å². The first-order chi connectivity index (χ1) is 14.3. The van der Waals surface area contributed by atoms with E-state index in [9.17, 15) is 0 Å². The lowest BCUT2D eigenvalue weighted by atomic mass is 9.75. The number of hydrogen-bond acceptors (Lipinski definition) is 5. The van der Waals surface area contributed by atoms with E-state index in [4.69, 9.17) is 9.40 Å². The Balaban J connectivity index is 1.41. The zero-order valence-corrected chi connectivity index (χ0v) is 16.0. The van der Waals surface area contributed by atoms with Crippen molar-refractivity contribution in [3.05, 3.63) is 59.9 Å². The third-order valence-corrected chi connectivity index (χ3v) is 6.05. The molecule has 0 aliphatic carbocycles. The second kappa shape index (κ2) is 6.39. The van der Waals surface area contributed by atoms with Crippen molar-refractivity contribution in [3.8, 4) is 23.0 Å². The molecule has 1 saturated heterocycles. The molecule has 0 saturated carbocycles. The predicted molar refractivity (Wildman–Crippen MR) is 113 cm³/mol. The monoisotopic (exact) mass is 383 g/mol. The number of aromatic nitrogens is 3. The molecule has 1 atom stereocenters. The van der Waals surface area contributed by atoms with E-state index in [0.29, 0.717) is 11.6 Å². The first kappa shape index (κ1) is 16.7. The first-order valence-corrected chi connectivity index (χ1v) is 10.1. The van der Waals surface area contributed by atoms with Gasteiger partial charge >= 0.3 is 0 Å². The second-order valence-corrected chi connectivity index (χ2v) is 7.96. The molecule has 4 aromatic rings. The number of H-pyrrole nitrogens is 1. The minimum absolute atomic E-state index is 0.0647. The Kier molecular flexibility index (Phi) is 3.67. The lowest BCUT2D eigenvalue weighted by Gasteiger charge is -2.38. The molecule has 1 spiro atoms. The van der Waals surface area contributed by atoms with Gasteiger partial charge in [-0.2, -0.15) is 0 Å². The molecule has 1 aromatic carbocycles. The molecule has 2 N–H and O–H groups in total. The van der Waals surface area contributed by atoms with Gasteiger partial charge in [-0.3, -0.25) is 4.99 Å². The van der Waals surface area contributed by atoms with Gasteiger partial charge in [-0.15, -0.1) is 0 Å². The van der Waals surface area contributed by atoms with Gasteiger partial charge in [0.05, 0.1) is 17.9 Å². The molecular formula is C23H21N5O. The van der Waals surface area contributed by atoms with Gasteiger partial charge < -0.3 is 14.7 Å². The van der Waals surface area contributed by atoms with Gasteiger partial charge in [0.25, 0.3) is 0 Å². The highest BCUT2D eigenvalue weighted by Gasteiger charge is 2.38. The smallest absolute Gasteiger partial charge is 0.196 e. The molecule has 2 aliphatic heterocycles. The van der Waals surface area contributed by atoms with Crippen LogP contribution in [0.1, 0.15) is 24.1 Å². The van der Waals surface area contributed by atoms with Crippen LogP contribution in [0.4, 0.5) is 0 Å². The number of nitrogens with zero attached hydrogens (tertiary/aromatic N) is 3. The maximum Gasteiger partial charge on any atom is 0.196 e. The van der Waals surface area contributed by atoms with Gasteiger partial charge in [0, 0.05) is 41.0 Å². The number of aromatic amines is 1. The third-order valence-electron chi connectivity index (χ3n) is 6.05. The third kappa shape index (κ3) is 2.71. The first-order valence-electron chi connectivity index (χ1n) is 10.1. The van der Waals surface area contributed by atoms with Crippen LogP contribution in [0.15, 0.2) is 58.1 Å². The Bertz CT molecular complexity index is 1200. The standard InChI is InChI=1S/C23H21N5O/c1-2-5-19-15(4-1)11-20(29-19)22-26-9-6-17(28-22)18-10-16-12-25-14-23(21(16)27-18)7-3-8-24-13-23/h1-2,4-6,9-12,24,27H,3,7-8,13-14H2. The van der Waals surface area contributed by atoms with Crippen LogP contribution in [0.5, 0.6) is 0 Å². The number of para-hydroxylation sites is 1. The predicted octanol–water partition coefficient (Wildman–Crippen LogP) is 3.94. The highest BCUT2D eigenvalue weighted by Crippen LogP contribution is 2.37. The Hall–Kier alpha value is -3.25. The molecule has 3 aromatic heterocycles. The fourth-order valence-electron chi connectivity index (χ4n) is 4.58. The molecular weight excluding hydrogens is 362 g/mol. The quantitative estimate of drug-likeness (QED) is 0.550. The van der Waals surface area contributed by atoms with Crippen molar-refractivity contribution in [1.29, 1.82) is 0 Å². The summed E-state index contributed by atoms with van der Waals surface area (Å²) in [5.41, 5.74) is 5.20. The summed E-state index contributed by atoms with van der Waals surface area (Å²) < 4.78 is 5.95. The van der Waals surface area contributed by atoms with E-state index in [1.54, 1.807) is 6.20 Å². The number of piperidine rings is 1. The van der Waals surface area contributed by atoms with E-state index in [1.807, 2.05) is 42.6 Å². The van der Waals surface area contributed by atoms with E-state index in [0.717, 1.165) is 48.4 Å².